The first-order valence-corrected chi connectivity index (χ1v) is 9.87. The average molecular weight is 386 g/mol. The molecule has 6 nitrogen and oxygen atoms in total. The molecule has 3 aliphatic heterocycles. The summed E-state index contributed by atoms with van der Waals surface area (Å²) in [6, 6.07) is 16.7. The summed E-state index contributed by atoms with van der Waals surface area (Å²) in [4.78, 5) is 2.12. The number of fused-ring (bicyclic) bond motifs is 2. The topological polar surface area (TPSA) is 88.5 Å². The lowest BCUT2D eigenvalue weighted by molar-refractivity contribution is 0.100. The number of ether oxygens (including phenoxy) is 1. The molecule has 0 bridgehead atoms. The predicted octanol–water partition coefficient (Wildman–Crippen LogP) is 1.43. The van der Waals surface area contributed by atoms with Crippen LogP contribution in [0.4, 0.5) is 11.4 Å². The van der Waals surface area contributed by atoms with Crippen LogP contribution in [0.3, 0.4) is 0 Å². The molecule has 152 valence electrons. The standard InChI is InChI=1S/C11H15NO2.C8H9N.C3H6O2/c13-8-10(14)7-12-6-5-9-3-1-2-4-11(9)12;1-2-4-8-7(3-1)5-6-9-8;4-1-3-2-5-3/h1-4,10,13-14H,5-8H2;1-4,9H,5-6H2;3-4H,1-2H2. The van der Waals surface area contributed by atoms with Crippen LogP contribution in [0.5, 0.6) is 0 Å². The maximum atomic E-state index is 9.35. The molecule has 2 aromatic rings. The Bertz CT molecular complexity index is 713. The Morgan fingerprint density at radius 3 is 2.39 bits per heavy atom. The van der Waals surface area contributed by atoms with E-state index in [9.17, 15) is 5.11 Å². The molecule has 2 aromatic carbocycles. The number of anilines is 2. The van der Waals surface area contributed by atoms with Crippen molar-refractivity contribution >= 4 is 11.4 Å². The first-order chi connectivity index (χ1) is 13.7. The van der Waals surface area contributed by atoms with Gasteiger partial charge in [0.1, 0.15) is 6.10 Å². The van der Waals surface area contributed by atoms with Gasteiger partial charge in [-0.3, -0.25) is 0 Å². The van der Waals surface area contributed by atoms with Crippen LogP contribution in [-0.4, -0.2) is 67.0 Å². The number of hydrogen-bond donors (Lipinski definition) is 4. The van der Waals surface area contributed by atoms with Gasteiger partial charge in [-0.05, 0) is 36.1 Å². The molecule has 0 radical (unpaired) electrons. The normalized spacial score (nSPS) is 19.2. The average Bonchev–Trinajstić information content (AvgIpc) is 3.33. The second-order valence-corrected chi connectivity index (χ2v) is 7.13. The Labute approximate surface area is 166 Å². The zero-order chi connectivity index (χ0) is 19.8. The van der Waals surface area contributed by atoms with Crippen LogP contribution >= 0.6 is 0 Å². The van der Waals surface area contributed by atoms with Crippen LogP contribution in [0, 0.1) is 0 Å². The molecule has 3 heterocycles. The number of benzene rings is 2. The van der Waals surface area contributed by atoms with E-state index in [1.807, 2.05) is 12.1 Å². The van der Waals surface area contributed by atoms with Gasteiger partial charge < -0.3 is 30.3 Å². The minimum Gasteiger partial charge on any atom is -0.394 e. The summed E-state index contributed by atoms with van der Waals surface area (Å²) in [6.45, 7) is 3.36. The van der Waals surface area contributed by atoms with Crippen LogP contribution in [0.25, 0.3) is 0 Å². The molecule has 3 aliphatic rings. The van der Waals surface area contributed by atoms with Gasteiger partial charge in [-0.1, -0.05) is 36.4 Å². The number of aliphatic hydroxyl groups is 3. The molecule has 0 aliphatic carbocycles. The Morgan fingerprint density at radius 2 is 1.75 bits per heavy atom. The summed E-state index contributed by atoms with van der Waals surface area (Å²) in [5, 5.41) is 29.5. The summed E-state index contributed by atoms with van der Waals surface area (Å²) >= 11 is 0. The van der Waals surface area contributed by atoms with Crippen molar-refractivity contribution in [2.45, 2.75) is 25.0 Å². The van der Waals surface area contributed by atoms with Gasteiger partial charge in [0.2, 0.25) is 0 Å². The predicted molar refractivity (Wildman–Crippen MR) is 111 cm³/mol. The SMILES string of the molecule is OCC(O)CN1CCc2ccccc21.OCC1CO1.c1ccc2c(c1)CCN2. The zero-order valence-electron chi connectivity index (χ0n) is 16.1. The molecule has 0 aromatic heterocycles. The fourth-order valence-corrected chi connectivity index (χ4v) is 3.32. The van der Waals surface area contributed by atoms with Gasteiger partial charge in [-0.2, -0.15) is 0 Å². The number of β-amino-alcohol motifs (C(OH)–C–C–N with tert-alkyl or cyclic N) is 1. The Hall–Kier alpha value is -2.12. The number of nitrogens with one attached hydrogen (secondary N) is 1. The zero-order valence-corrected chi connectivity index (χ0v) is 16.1. The van der Waals surface area contributed by atoms with Gasteiger partial charge in [0.15, 0.2) is 0 Å². The second kappa shape index (κ2) is 10.4. The molecule has 2 atom stereocenters. The van der Waals surface area contributed by atoms with E-state index >= 15 is 0 Å². The first-order valence-electron chi connectivity index (χ1n) is 9.87. The highest BCUT2D eigenvalue weighted by atomic mass is 16.6. The van der Waals surface area contributed by atoms with E-state index in [4.69, 9.17) is 10.2 Å². The van der Waals surface area contributed by atoms with Crippen LogP contribution in [0.15, 0.2) is 48.5 Å². The van der Waals surface area contributed by atoms with E-state index in [0.29, 0.717) is 6.54 Å². The van der Waals surface area contributed by atoms with Crippen LogP contribution in [-0.2, 0) is 17.6 Å². The molecule has 2 unspecified atom stereocenters. The van der Waals surface area contributed by atoms with Crippen molar-refractivity contribution in [1.29, 1.82) is 0 Å². The highest BCUT2D eigenvalue weighted by Gasteiger charge is 2.20. The fourth-order valence-electron chi connectivity index (χ4n) is 3.32. The minimum absolute atomic E-state index is 0.168. The fraction of sp³-hybridized carbons (Fsp3) is 0.455. The molecule has 1 saturated heterocycles. The van der Waals surface area contributed by atoms with Crippen molar-refractivity contribution in [2.75, 3.05) is 49.7 Å². The molecule has 0 spiro atoms. The monoisotopic (exact) mass is 386 g/mol. The molecule has 6 heteroatoms. The summed E-state index contributed by atoms with van der Waals surface area (Å²) < 4.78 is 4.61. The van der Waals surface area contributed by atoms with E-state index in [1.54, 1.807) is 0 Å². The van der Waals surface area contributed by atoms with Crippen LogP contribution in [0.2, 0.25) is 0 Å². The Balaban J connectivity index is 0.000000136. The number of para-hydroxylation sites is 2. The molecule has 5 rings (SSSR count). The van der Waals surface area contributed by atoms with Gasteiger partial charge in [0.25, 0.3) is 0 Å². The largest absolute Gasteiger partial charge is 0.394 e. The van der Waals surface area contributed by atoms with Crippen molar-refractivity contribution in [3.63, 3.8) is 0 Å². The van der Waals surface area contributed by atoms with E-state index in [-0.39, 0.29) is 19.3 Å². The summed E-state index contributed by atoms with van der Waals surface area (Å²) in [6.07, 6.45) is 1.78. The van der Waals surface area contributed by atoms with Crippen molar-refractivity contribution in [3.8, 4) is 0 Å². The number of hydrogen-bond acceptors (Lipinski definition) is 6. The molecular weight excluding hydrogens is 356 g/mol. The summed E-state index contributed by atoms with van der Waals surface area (Å²) in [5.41, 5.74) is 5.30. The van der Waals surface area contributed by atoms with E-state index in [1.165, 1.54) is 28.9 Å². The number of nitrogens with zero attached hydrogens (tertiary/aromatic N) is 1. The van der Waals surface area contributed by atoms with Crippen molar-refractivity contribution in [2.24, 2.45) is 0 Å². The Morgan fingerprint density at radius 1 is 1.04 bits per heavy atom. The number of epoxide rings is 1. The lowest BCUT2D eigenvalue weighted by Gasteiger charge is -2.21. The third-order valence-corrected chi connectivity index (χ3v) is 4.96. The smallest absolute Gasteiger partial charge is 0.104 e. The quantitative estimate of drug-likeness (QED) is 0.595. The van der Waals surface area contributed by atoms with Crippen molar-refractivity contribution < 1.29 is 20.1 Å². The van der Waals surface area contributed by atoms with Gasteiger partial charge in [-0.15, -0.1) is 0 Å². The van der Waals surface area contributed by atoms with Crippen LogP contribution in [0.1, 0.15) is 11.1 Å². The molecule has 0 amide bonds. The van der Waals surface area contributed by atoms with Crippen molar-refractivity contribution in [3.05, 3.63) is 59.7 Å². The van der Waals surface area contributed by atoms with E-state index in [2.05, 4.69) is 51.4 Å². The van der Waals surface area contributed by atoms with Crippen LogP contribution < -0.4 is 10.2 Å². The molecule has 1 fully saturated rings. The molecule has 0 saturated carbocycles. The van der Waals surface area contributed by atoms with E-state index in [0.717, 1.165) is 26.1 Å². The summed E-state index contributed by atoms with van der Waals surface area (Å²) in [7, 11) is 0. The molecule has 28 heavy (non-hydrogen) atoms. The minimum atomic E-state index is -0.638. The Kier molecular flexibility index (Phi) is 7.68. The molecular formula is C22H30N2O4. The number of rotatable bonds is 4. The van der Waals surface area contributed by atoms with Gasteiger partial charge in [0, 0.05) is 31.0 Å². The van der Waals surface area contributed by atoms with E-state index < -0.39 is 6.10 Å². The third kappa shape index (κ3) is 5.94. The van der Waals surface area contributed by atoms with Gasteiger partial charge >= 0.3 is 0 Å². The van der Waals surface area contributed by atoms with Gasteiger partial charge in [0.05, 0.1) is 25.9 Å². The van der Waals surface area contributed by atoms with Crippen molar-refractivity contribution in [1.82, 2.24) is 0 Å². The highest BCUT2D eigenvalue weighted by Crippen LogP contribution is 2.27. The highest BCUT2D eigenvalue weighted by molar-refractivity contribution is 5.57. The molecule has 4 N–H and O–H groups in total. The van der Waals surface area contributed by atoms with Gasteiger partial charge in [-0.25, -0.2) is 0 Å². The lowest BCUT2D eigenvalue weighted by Crippen LogP contribution is -2.32. The lowest BCUT2D eigenvalue weighted by atomic mass is 10.2. The number of aliphatic hydroxyl groups excluding tert-OH is 3. The second-order valence-electron chi connectivity index (χ2n) is 7.13. The first kappa shape index (κ1) is 20.6. The summed E-state index contributed by atoms with van der Waals surface area (Å²) in [5.74, 6) is 0. The third-order valence-electron chi connectivity index (χ3n) is 4.96. The maximum absolute atomic E-state index is 9.35. The maximum Gasteiger partial charge on any atom is 0.104 e.